The summed E-state index contributed by atoms with van der Waals surface area (Å²) in [6.07, 6.45) is 6.07. The van der Waals surface area contributed by atoms with Crippen molar-refractivity contribution in [2.75, 3.05) is 24.5 Å². The molecule has 27 heavy (non-hydrogen) atoms. The molecule has 4 rings (SSSR count). The van der Waals surface area contributed by atoms with E-state index in [-0.39, 0.29) is 11.8 Å². The average molecular weight is 384 g/mol. The maximum atomic E-state index is 12.5. The Labute approximate surface area is 163 Å². The fourth-order valence-electron chi connectivity index (χ4n) is 3.56. The van der Waals surface area contributed by atoms with Gasteiger partial charge < -0.3 is 10.2 Å². The third-order valence-electron chi connectivity index (χ3n) is 5.09. The summed E-state index contributed by atoms with van der Waals surface area (Å²) in [5.41, 5.74) is 2.02. The lowest BCUT2D eigenvalue weighted by Gasteiger charge is -2.32. The van der Waals surface area contributed by atoms with Gasteiger partial charge in [-0.25, -0.2) is 4.98 Å². The first-order valence-electron chi connectivity index (χ1n) is 9.26. The van der Waals surface area contributed by atoms with Crippen LogP contribution in [0.4, 0.5) is 5.82 Å². The van der Waals surface area contributed by atoms with Crippen LogP contribution in [-0.2, 0) is 11.2 Å². The van der Waals surface area contributed by atoms with Crippen molar-refractivity contribution in [3.63, 3.8) is 0 Å². The van der Waals surface area contributed by atoms with Crippen LogP contribution >= 0.6 is 11.6 Å². The van der Waals surface area contributed by atoms with Gasteiger partial charge in [-0.05, 0) is 43.0 Å². The molecule has 3 aromatic rings. The van der Waals surface area contributed by atoms with Gasteiger partial charge in [0.2, 0.25) is 5.91 Å². The van der Waals surface area contributed by atoms with Gasteiger partial charge in [0.25, 0.3) is 0 Å². The van der Waals surface area contributed by atoms with Crippen LogP contribution < -0.4 is 10.2 Å². The number of aromatic nitrogens is 3. The summed E-state index contributed by atoms with van der Waals surface area (Å²) in [5.74, 6) is 1.26. The molecular formula is C20H22ClN5O. The van der Waals surface area contributed by atoms with Crippen molar-refractivity contribution < 1.29 is 4.79 Å². The number of halogens is 1. The smallest absolute Gasteiger partial charge is 0.223 e. The lowest BCUT2D eigenvalue weighted by Crippen LogP contribution is -2.41. The van der Waals surface area contributed by atoms with E-state index in [2.05, 4.69) is 20.3 Å². The number of piperidine rings is 1. The average Bonchev–Trinajstić information content (AvgIpc) is 3.18. The van der Waals surface area contributed by atoms with Gasteiger partial charge in [0.1, 0.15) is 5.82 Å². The minimum absolute atomic E-state index is 0.0708. The zero-order valence-electron chi connectivity index (χ0n) is 15.0. The fraction of sp³-hybridized carbons (Fsp3) is 0.350. The van der Waals surface area contributed by atoms with Crippen molar-refractivity contribution in [2.24, 2.45) is 5.92 Å². The number of carbonyl (C=O) groups is 1. The third-order valence-corrected chi connectivity index (χ3v) is 5.34. The Bertz CT molecular complexity index is 916. The van der Waals surface area contributed by atoms with E-state index in [4.69, 9.17) is 11.6 Å². The van der Waals surface area contributed by atoms with E-state index in [1.165, 1.54) is 5.56 Å². The molecule has 1 fully saturated rings. The Balaban J connectivity index is 1.28. The SMILES string of the molecule is O=C(NCCc1ccc(Cl)cc1)C1CCN(c2ccnc3ccnn23)CC1. The van der Waals surface area contributed by atoms with E-state index in [0.29, 0.717) is 6.54 Å². The topological polar surface area (TPSA) is 62.5 Å². The molecule has 0 aliphatic carbocycles. The second-order valence-corrected chi connectivity index (χ2v) is 7.27. The molecular weight excluding hydrogens is 362 g/mol. The lowest BCUT2D eigenvalue weighted by molar-refractivity contribution is -0.125. The molecule has 2 aromatic heterocycles. The van der Waals surface area contributed by atoms with Gasteiger partial charge in [0.05, 0.1) is 6.20 Å². The minimum Gasteiger partial charge on any atom is -0.356 e. The molecule has 1 saturated heterocycles. The summed E-state index contributed by atoms with van der Waals surface area (Å²) in [5, 5.41) is 8.16. The molecule has 1 aliphatic rings. The van der Waals surface area contributed by atoms with Crippen LogP contribution in [0.15, 0.2) is 48.8 Å². The van der Waals surface area contributed by atoms with Crippen molar-refractivity contribution >= 4 is 29.0 Å². The first-order valence-corrected chi connectivity index (χ1v) is 9.64. The molecule has 0 radical (unpaired) electrons. The maximum Gasteiger partial charge on any atom is 0.223 e. The molecule has 1 aliphatic heterocycles. The first kappa shape index (κ1) is 17.8. The van der Waals surface area contributed by atoms with Gasteiger partial charge in [-0.3, -0.25) is 4.79 Å². The van der Waals surface area contributed by atoms with Gasteiger partial charge in [-0.2, -0.15) is 9.61 Å². The summed E-state index contributed by atoms with van der Waals surface area (Å²) in [4.78, 5) is 19.1. The number of carbonyl (C=O) groups excluding carboxylic acids is 1. The van der Waals surface area contributed by atoms with Gasteiger partial charge >= 0.3 is 0 Å². The van der Waals surface area contributed by atoms with Crippen molar-refractivity contribution in [3.05, 3.63) is 59.4 Å². The normalized spacial score (nSPS) is 15.2. The fourth-order valence-corrected chi connectivity index (χ4v) is 3.68. The van der Waals surface area contributed by atoms with Gasteiger partial charge in [0, 0.05) is 42.8 Å². The van der Waals surface area contributed by atoms with Crippen LogP contribution in [0, 0.1) is 5.92 Å². The number of hydrogen-bond acceptors (Lipinski definition) is 4. The maximum absolute atomic E-state index is 12.5. The lowest BCUT2D eigenvalue weighted by atomic mass is 9.96. The standard InChI is InChI=1S/C20H22ClN5O/c21-17-3-1-15(2-4-17)5-10-23-20(27)16-8-13-25(14-9-16)19-7-11-22-18-6-12-24-26(18)19/h1-4,6-7,11-12,16H,5,8-10,13-14H2,(H,23,27). The van der Waals surface area contributed by atoms with E-state index < -0.39 is 0 Å². The van der Waals surface area contributed by atoms with Crippen molar-refractivity contribution in [1.82, 2.24) is 19.9 Å². The van der Waals surface area contributed by atoms with Crippen LogP contribution in [0.3, 0.4) is 0 Å². The number of hydrogen-bond donors (Lipinski definition) is 1. The minimum atomic E-state index is 0.0708. The molecule has 0 atom stereocenters. The molecule has 140 valence electrons. The number of nitrogens with one attached hydrogen (secondary N) is 1. The monoisotopic (exact) mass is 383 g/mol. The Hall–Kier alpha value is -2.60. The van der Waals surface area contributed by atoms with E-state index in [1.807, 2.05) is 47.1 Å². The number of nitrogens with zero attached hydrogens (tertiary/aromatic N) is 4. The molecule has 3 heterocycles. The molecule has 7 heteroatoms. The summed E-state index contributed by atoms with van der Waals surface area (Å²) in [7, 11) is 0. The van der Waals surface area contributed by atoms with Crippen LogP contribution in [0.1, 0.15) is 18.4 Å². The second kappa shape index (κ2) is 7.96. The molecule has 0 bridgehead atoms. The highest BCUT2D eigenvalue weighted by atomic mass is 35.5. The van der Waals surface area contributed by atoms with Gasteiger partial charge in [-0.15, -0.1) is 0 Å². The zero-order valence-corrected chi connectivity index (χ0v) is 15.8. The molecule has 1 amide bonds. The predicted octanol–water partition coefficient (Wildman–Crippen LogP) is 2.96. The Kier molecular flexibility index (Phi) is 5.25. The second-order valence-electron chi connectivity index (χ2n) is 6.83. The molecule has 0 unspecified atom stereocenters. The quantitative estimate of drug-likeness (QED) is 0.735. The number of benzene rings is 1. The highest BCUT2D eigenvalue weighted by Gasteiger charge is 2.26. The van der Waals surface area contributed by atoms with E-state index >= 15 is 0 Å². The van der Waals surface area contributed by atoms with Crippen LogP contribution in [0.25, 0.3) is 5.65 Å². The van der Waals surface area contributed by atoms with E-state index in [1.54, 1.807) is 6.20 Å². The Morgan fingerprint density at radius 3 is 2.67 bits per heavy atom. The van der Waals surface area contributed by atoms with E-state index in [9.17, 15) is 4.79 Å². The third kappa shape index (κ3) is 4.06. The number of anilines is 1. The van der Waals surface area contributed by atoms with Crippen molar-refractivity contribution in [2.45, 2.75) is 19.3 Å². The van der Waals surface area contributed by atoms with Crippen LogP contribution in [-0.4, -0.2) is 40.1 Å². The number of amides is 1. The Morgan fingerprint density at radius 2 is 1.89 bits per heavy atom. The van der Waals surface area contributed by atoms with E-state index in [0.717, 1.165) is 48.8 Å². The summed E-state index contributed by atoms with van der Waals surface area (Å²) in [6.45, 7) is 2.33. The highest BCUT2D eigenvalue weighted by Crippen LogP contribution is 2.23. The van der Waals surface area contributed by atoms with Crippen LogP contribution in [0.5, 0.6) is 0 Å². The van der Waals surface area contributed by atoms with Crippen LogP contribution in [0.2, 0.25) is 5.02 Å². The largest absolute Gasteiger partial charge is 0.356 e. The summed E-state index contributed by atoms with van der Waals surface area (Å²) in [6, 6.07) is 11.6. The predicted molar refractivity (Wildman–Crippen MR) is 106 cm³/mol. The number of rotatable bonds is 5. The molecule has 1 N–H and O–H groups in total. The molecule has 6 nitrogen and oxygen atoms in total. The number of fused-ring (bicyclic) bond motifs is 1. The highest BCUT2D eigenvalue weighted by molar-refractivity contribution is 6.30. The van der Waals surface area contributed by atoms with Crippen molar-refractivity contribution in [1.29, 1.82) is 0 Å². The molecule has 0 saturated carbocycles. The zero-order chi connectivity index (χ0) is 18.6. The van der Waals surface area contributed by atoms with Gasteiger partial charge in [0.15, 0.2) is 5.65 Å². The van der Waals surface area contributed by atoms with Gasteiger partial charge in [-0.1, -0.05) is 23.7 Å². The first-order chi connectivity index (χ1) is 13.2. The summed E-state index contributed by atoms with van der Waals surface area (Å²) < 4.78 is 1.85. The molecule has 1 aromatic carbocycles. The Morgan fingerprint density at radius 1 is 1.11 bits per heavy atom. The summed E-state index contributed by atoms with van der Waals surface area (Å²) >= 11 is 5.90. The molecule has 0 spiro atoms. The van der Waals surface area contributed by atoms with Crippen molar-refractivity contribution in [3.8, 4) is 0 Å².